The molecule has 18 heavy (non-hydrogen) atoms. The van der Waals surface area contributed by atoms with Crippen molar-refractivity contribution in [2.45, 2.75) is 45.5 Å². The highest BCUT2D eigenvalue weighted by molar-refractivity contribution is 5.99. The van der Waals surface area contributed by atoms with Gasteiger partial charge in [0.05, 0.1) is 0 Å². The van der Waals surface area contributed by atoms with Crippen molar-refractivity contribution in [1.29, 1.82) is 0 Å². The second-order valence-electron chi connectivity index (χ2n) is 5.31. The van der Waals surface area contributed by atoms with E-state index in [0.29, 0.717) is 18.4 Å². The van der Waals surface area contributed by atoms with Crippen molar-refractivity contribution in [3.8, 4) is 0 Å². The van der Waals surface area contributed by atoms with Crippen LogP contribution in [0.5, 0.6) is 0 Å². The number of aryl methyl sites for hydroxylation is 2. The average Bonchev–Trinajstić information content (AvgIpc) is 2.31. The molecule has 1 fully saturated rings. The number of rotatable bonds is 2. The molecule has 1 aliphatic carbocycles. The van der Waals surface area contributed by atoms with Crippen LogP contribution in [0.2, 0.25) is 0 Å². The molecule has 2 rings (SSSR count). The summed E-state index contributed by atoms with van der Waals surface area (Å²) in [5.74, 6) is -2.77. The first-order chi connectivity index (χ1) is 8.39. The molecule has 0 radical (unpaired) electrons. The first-order valence-electron chi connectivity index (χ1n) is 6.38. The predicted molar refractivity (Wildman–Crippen MR) is 67.2 cm³/mol. The van der Waals surface area contributed by atoms with Gasteiger partial charge in [0.1, 0.15) is 0 Å². The van der Waals surface area contributed by atoms with Crippen LogP contribution in [0.15, 0.2) is 18.2 Å². The van der Waals surface area contributed by atoms with Gasteiger partial charge in [-0.25, -0.2) is 8.78 Å². The predicted octanol–water partition coefficient (Wildman–Crippen LogP) is 4.31. The molecule has 0 aromatic heterocycles. The Labute approximate surface area is 106 Å². The summed E-state index contributed by atoms with van der Waals surface area (Å²) in [5, 5.41) is 0. The number of hydrogen-bond donors (Lipinski definition) is 0. The molecule has 3 heteroatoms. The van der Waals surface area contributed by atoms with Crippen LogP contribution in [-0.2, 0) is 0 Å². The maximum absolute atomic E-state index is 13.1. The summed E-state index contributed by atoms with van der Waals surface area (Å²) < 4.78 is 26.2. The van der Waals surface area contributed by atoms with E-state index < -0.39 is 5.92 Å². The van der Waals surface area contributed by atoms with E-state index in [1.807, 2.05) is 32.0 Å². The lowest BCUT2D eigenvalue weighted by atomic mass is 9.81. The third-order valence-electron chi connectivity index (χ3n) is 3.75. The number of ketones is 1. The zero-order valence-electron chi connectivity index (χ0n) is 10.8. The fourth-order valence-corrected chi connectivity index (χ4v) is 2.52. The summed E-state index contributed by atoms with van der Waals surface area (Å²) in [4.78, 5) is 12.3. The van der Waals surface area contributed by atoms with E-state index in [9.17, 15) is 13.6 Å². The smallest absolute Gasteiger partial charge is 0.248 e. The van der Waals surface area contributed by atoms with E-state index in [4.69, 9.17) is 0 Å². The molecule has 0 amide bonds. The molecule has 0 N–H and O–H groups in total. The molecule has 1 aromatic carbocycles. The number of Topliss-reactive ketones (excluding diaryl/α,β-unsaturated/α-hetero) is 1. The molecule has 1 nitrogen and oxygen atoms in total. The molecule has 98 valence electrons. The van der Waals surface area contributed by atoms with Crippen LogP contribution < -0.4 is 0 Å². The van der Waals surface area contributed by atoms with Gasteiger partial charge < -0.3 is 0 Å². The zero-order chi connectivity index (χ0) is 13.3. The van der Waals surface area contributed by atoms with Crippen molar-refractivity contribution in [2.24, 2.45) is 5.92 Å². The van der Waals surface area contributed by atoms with Crippen molar-refractivity contribution in [3.63, 3.8) is 0 Å². The standard InChI is InChI=1S/C15H18F2O/c1-10-3-4-11(2)13(9-10)14(18)12-5-7-15(16,17)8-6-12/h3-4,9,12H,5-8H2,1-2H3. The fourth-order valence-electron chi connectivity index (χ4n) is 2.52. The van der Waals surface area contributed by atoms with E-state index >= 15 is 0 Å². The molecule has 0 aliphatic heterocycles. The van der Waals surface area contributed by atoms with E-state index in [2.05, 4.69) is 0 Å². The van der Waals surface area contributed by atoms with Crippen molar-refractivity contribution in [2.75, 3.05) is 0 Å². The van der Waals surface area contributed by atoms with Crippen LogP contribution in [0.1, 0.15) is 47.2 Å². The lowest BCUT2D eigenvalue weighted by Crippen LogP contribution is -2.29. The Morgan fingerprint density at radius 3 is 2.44 bits per heavy atom. The van der Waals surface area contributed by atoms with E-state index in [-0.39, 0.29) is 24.5 Å². The summed E-state index contributed by atoms with van der Waals surface area (Å²) in [6.07, 6.45) is 0.293. The minimum atomic E-state index is -2.57. The Bertz CT molecular complexity index is 456. The molecule has 0 bridgehead atoms. The van der Waals surface area contributed by atoms with Crippen LogP contribution in [0.3, 0.4) is 0 Å². The number of halogens is 2. The topological polar surface area (TPSA) is 17.1 Å². The van der Waals surface area contributed by atoms with E-state index in [1.54, 1.807) is 0 Å². The first kappa shape index (κ1) is 13.2. The quantitative estimate of drug-likeness (QED) is 0.717. The summed E-state index contributed by atoms with van der Waals surface area (Å²) in [7, 11) is 0. The maximum atomic E-state index is 13.1. The number of alkyl halides is 2. The normalized spacial score (nSPS) is 19.8. The number of carbonyl (C=O) groups is 1. The van der Waals surface area contributed by atoms with Gasteiger partial charge in [-0.1, -0.05) is 17.7 Å². The summed E-state index contributed by atoms with van der Waals surface area (Å²) in [6.45, 7) is 3.83. The lowest BCUT2D eigenvalue weighted by Gasteiger charge is -2.27. The summed E-state index contributed by atoms with van der Waals surface area (Å²) >= 11 is 0. The average molecular weight is 252 g/mol. The van der Waals surface area contributed by atoms with Crippen LogP contribution in [0.25, 0.3) is 0 Å². The molecule has 0 unspecified atom stereocenters. The van der Waals surface area contributed by atoms with Gasteiger partial charge in [0.15, 0.2) is 5.78 Å². The van der Waals surface area contributed by atoms with Gasteiger partial charge in [0.2, 0.25) is 5.92 Å². The highest BCUT2D eigenvalue weighted by atomic mass is 19.3. The van der Waals surface area contributed by atoms with Crippen LogP contribution >= 0.6 is 0 Å². The third kappa shape index (κ3) is 2.77. The van der Waals surface area contributed by atoms with Crippen molar-refractivity contribution < 1.29 is 13.6 Å². The maximum Gasteiger partial charge on any atom is 0.248 e. The highest BCUT2D eigenvalue weighted by Crippen LogP contribution is 2.37. The molecule has 1 aromatic rings. The zero-order valence-corrected chi connectivity index (χ0v) is 10.8. The Hall–Kier alpha value is -1.25. The van der Waals surface area contributed by atoms with Gasteiger partial charge in [-0.15, -0.1) is 0 Å². The van der Waals surface area contributed by atoms with E-state index in [0.717, 1.165) is 11.1 Å². The van der Waals surface area contributed by atoms with Crippen molar-refractivity contribution in [1.82, 2.24) is 0 Å². The molecular formula is C15H18F2O. The molecule has 1 aliphatic rings. The molecule has 1 saturated carbocycles. The molecule has 0 atom stereocenters. The number of benzene rings is 1. The van der Waals surface area contributed by atoms with Crippen LogP contribution in [0.4, 0.5) is 8.78 Å². The van der Waals surface area contributed by atoms with Gasteiger partial charge in [0, 0.05) is 24.3 Å². The molecule has 0 heterocycles. The Balaban J connectivity index is 2.15. The van der Waals surface area contributed by atoms with Gasteiger partial charge in [-0.3, -0.25) is 4.79 Å². The Kier molecular flexibility index (Phi) is 3.51. The number of carbonyl (C=O) groups excluding carboxylic acids is 1. The molecular weight excluding hydrogens is 234 g/mol. The minimum absolute atomic E-state index is 0.0340. The Morgan fingerprint density at radius 1 is 1.22 bits per heavy atom. The Morgan fingerprint density at radius 2 is 1.83 bits per heavy atom. The first-order valence-corrected chi connectivity index (χ1v) is 6.38. The van der Waals surface area contributed by atoms with Gasteiger partial charge in [-0.2, -0.15) is 0 Å². The molecule has 0 spiro atoms. The largest absolute Gasteiger partial charge is 0.294 e. The van der Waals surface area contributed by atoms with E-state index in [1.165, 1.54) is 0 Å². The second kappa shape index (κ2) is 4.79. The number of hydrogen-bond acceptors (Lipinski definition) is 1. The van der Waals surface area contributed by atoms with Gasteiger partial charge in [0.25, 0.3) is 0 Å². The second-order valence-corrected chi connectivity index (χ2v) is 5.31. The van der Waals surface area contributed by atoms with Gasteiger partial charge >= 0.3 is 0 Å². The summed E-state index contributed by atoms with van der Waals surface area (Å²) in [6, 6.07) is 5.74. The highest BCUT2D eigenvalue weighted by Gasteiger charge is 2.37. The fraction of sp³-hybridized carbons (Fsp3) is 0.533. The SMILES string of the molecule is Cc1ccc(C)c(C(=O)C2CCC(F)(F)CC2)c1. The van der Waals surface area contributed by atoms with Crippen molar-refractivity contribution >= 4 is 5.78 Å². The summed E-state index contributed by atoms with van der Waals surface area (Å²) in [5.41, 5.74) is 2.67. The lowest BCUT2D eigenvalue weighted by molar-refractivity contribution is -0.0424. The monoisotopic (exact) mass is 252 g/mol. The van der Waals surface area contributed by atoms with Gasteiger partial charge in [-0.05, 0) is 38.3 Å². The third-order valence-corrected chi connectivity index (χ3v) is 3.75. The minimum Gasteiger partial charge on any atom is -0.294 e. The van der Waals surface area contributed by atoms with Crippen LogP contribution in [-0.4, -0.2) is 11.7 Å². The van der Waals surface area contributed by atoms with Crippen molar-refractivity contribution in [3.05, 3.63) is 34.9 Å². The van der Waals surface area contributed by atoms with Crippen LogP contribution in [0, 0.1) is 19.8 Å². The molecule has 0 saturated heterocycles.